The monoisotopic (exact) mass is 321 g/mol. The molecule has 2 aromatic carbocycles. The molecule has 2 nitrogen and oxygen atoms in total. The van der Waals surface area contributed by atoms with Gasteiger partial charge < -0.3 is 5.32 Å². The number of carbonyl (C=O) groups is 1. The summed E-state index contributed by atoms with van der Waals surface area (Å²) in [5, 5.41) is 3.68. The molecule has 0 aliphatic heterocycles. The van der Waals surface area contributed by atoms with Gasteiger partial charge in [0.15, 0.2) is 0 Å². The first-order valence-electron chi connectivity index (χ1n) is 6.64. The Morgan fingerprint density at radius 3 is 2.10 bits per heavy atom. The Labute approximate surface area is 135 Å². The largest absolute Gasteiger partial charge is 0.322 e. The minimum Gasteiger partial charge on any atom is -0.322 e. The van der Waals surface area contributed by atoms with Crippen molar-refractivity contribution in [2.75, 3.05) is 5.32 Å². The Hall–Kier alpha value is -1.51. The average molecular weight is 322 g/mol. The maximum Gasteiger partial charge on any atom is 0.255 e. The second kappa shape index (κ2) is 6.08. The molecule has 0 spiro atoms. The third-order valence-electron chi connectivity index (χ3n) is 3.19. The molecular weight excluding hydrogens is 305 g/mol. The van der Waals surface area contributed by atoms with Crippen LogP contribution in [0.15, 0.2) is 42.5 Å². The van der Waals surface area contributed by atoms with Crippen molar-refractivity contribution in [1.82, 2.24) is 0 Å². The van der Waals surface area contributed by atoms with Crippen LogP contribution in [0.5, 0.6) is 0 Å². The van der Waals surface area contributed by atoms with Gasteiger partial charge in [0, 0.05) is 11.3 Å². The highest BCUT2D eigenvalue weighted by atomic mass is 35.5. The summed E-state index contributed by atoms with van der Waals surface area (Å²) < 4.78 is 0. The number of benzene rings is 2. The number of hydrogen-bond donors (Lipinski definition) is 1. The third-order valence-corrected chi connectivity index (χ3v) is 3.93. The predicted octanol–water partition coefficient (Wildman–Crippen LogP) is 5.54. The van der Waals surface area contributed by atoms with Crippen LogP contribution in [0, 0.1) is 0 Å². The van der Waals surface area contributed by atoms with Gasteiger partial charge in [-0.05, 0) is 41.3 Å². The lowest BCUT2D eigenvalue weighted by Crippen LogP contribution is -2.14. The lowest BCUT2D eigenvalue weighted by atomic mass is 9.87. The topological polar surface area (TPSA) is 29.1 Å². The van der Waals surface area contributed by atoms with E-state index in [4.69, 9.17) is 23.2 Å². The normalized spacial score (nSPS) is 11.3. The van der Waals surface area contributed by atoms with Crippen molar-refractivity contribution in [3.63, 3.8) is 0 Å². The Bertz CT molecular complexity index is 657. The number of nitrogens with one attached hydrogen (secondary N) is 1. The number of hydrogen-bond acceptors (Lipinski definition) is 1. The smallest absolute Gasteiger partial charge is 0.255 e. The molecule has 1 N–H and O–H groups in total. The highest BCUT2D eigenvalue weighted by Crippen LogP contribution is 2.26. The van der Waals surface area contributed by atoms with Crippen LogP contribution < -0.4 is 5.32 Å². The number of halogens is 2. The van der Waals surface area contributed by atoms with Gasteiger partial charge in [-0.1, -0.05) is 56.1 Å². The highest BCUT2D eigenvalue weighted by molar-refractivity contribution is 6.42. The minimum atomic E-state index is -0.172. The maximum absolute atomic E-state index is 12.2. The molecule has 0 bridgehead atoms. The van der Waals surface area contributed by atoms with Crippen LogP contribution in [0.25, 0.3) is 0 Å². The molecule has 0 aromatic heterocycles. The number of amides is 1. The highest BCUT2D eigenvalue weighted by Gasteiger charge is 2.14. The summed E-state index contributed by atoms with van der Waals surface area (Å²) in [6.45, 7) is 6.41. The zero-order valence-electron chi connectivity index (χ0n) is 12.2. The SMILES string of the molecule is CC(C)(C)c1ccc(C(=O)Nc2ccc(Cl)c(Cl)c2)cc1. The predicted molar refractivity (Wildman–Crippen MR) is 89.6 cm³/mol. The lowest BCUT2D eigenvalue weighted by molar-refractivity contribution is 0.102. The molecule has 0 fully saturated rings. The van der Waals surface area contributed by atoms with E-state index in [1.165, 1.54) is 5.56 Å². The molecule has 0 aliphatic rings. The summed E-state index contributed by atoms with van der Waals surface area (Å²) in [6.07, 6.45) is 0. The summed E-state index contributed by atoms with van der Waals surface area (Å²) in [6, 6.07) is 12.6. The summed E-state index contributed by atoms with van der Waals surface area (Å²) in [4.78, 5) is 12.2. The fourth-order valence-corrected chi connectivity index (χ4v) is 2.20. The van der Waals surface area contributed by atoms with Crippen LogP contribution in [0.1, 0.15) is 36.7 Å². The van der Waals surface area contributed by atoms with E-state index in [0.29, 0.717) is 21.3 Å². The molecule has 0 saturated heterocycles. The van der Waals surface area contributed by atoms with Gasteiger partial charge in [0.25, 0.3) is 5.91 Å². The van der Waals surface area contributed by atoms with Gasteiger partial charge in [-0.15, -0.1) is 0 Å². The zero-order chi connectivity index (χ0) is 15.6. The quantitative estimate of drug-likeness (QED) is 0.772. The number of anilines is 1. The lowest BCUT2D eigenvalue weighted by Gasteiger charge is -2.19. The number of carbonyl (C=O) groups excluding carboxylic acids is 1. The van der Waals surface area contributed by atoms with E-state index < -0.39 is 0 Å². The molecule has 110 valence electrons. The molecule has 2 aromatic rings. The van der Waals surface area contributed by atoms with E-state index in [0.717, 1.165) is 0 Å². The van der Waals surface area contributed by atoms with Crippen molar-refractivity contribution < 1.29 is 4.79 Å². The van der Waals surface area contributed by atoms with Crippen LogP contribution in [-0.2, 0) is 5.41 Å². The second-order valence-electron chi connectivity index (χ2n) is 5.91. The molecule has 0 aliphatic carbocycles. The summed E-state index contributed by atoms with van der Waals surface area (Å²) >= 11 is 11.8. The van der Waals surface area contributed by atoms with E-state index in [1.54, 1.807) is 18.2 Å². The Morgan fingerprint density at radius 2 is 1.57 bits per heavy atom. The van der Waals surface area contributed by atoms with Gasteiger partial charge in [0.05, 0.1) is 10.0 Å². The summed E-state index contributed by atoms with van der Waals surface area (Å²) in [7, 11) is 0. The molecule has 0 unspecified atom stereocenters. The van der Waals surface area contributed by atoms with Crippen LogP contribution >= 0.6 is 23.2 Å². The Kier molecular flexibility index (Phi) is 4.60. The van der Waals surface area contributed by atoms with Crippen molar-refractivity contribution in [1.29, 1.82) is 0 Å². The fourth-order valence-electron chi connectivity index (χ4n) is 1.90. The Balaban J connectivity index is 2.15. The average Bonchev–Trinajstić information content (AvgIpc) is 2.42. The first-order valence-corrected chi connectivity index (χ1v) is 7.40. The fraction of sp³-hybridized carbons (Fsp3) is 0.235. The second-order valence-corrected chi connectivity index (χ2v) is 6.72. The molecule has 0 radical (unpaired) electrons. The van der Waals surface area contributed by atoms with Crippen molar-refractivity contribution in [3.05, 3.63) is 63.6 Å². The van der Waals surface area contributed by atoms with Crippen LogP contribution in [-0.4, -0.2) is 5.91 Å². The van der Waals surface area contributed by atoms with Gasteiger partial charge in [-0.3, -0.25) is 4.79 Å². The maximum atomic E-state index is 12.2. The molecule has 2 rings (SSSR count). The molecule has 21 heavy (non-hydrogen) atoms. The molecule has 1 amide bonds. The third kappa shape index (κ3) is 3.99. The van der Waals surface area contributed by atoms with Crippen molar-refractivity contribution in [2.45, 2.75) is 26.2 Å². The van der Waals surface area contributed by atoms with Crippen molar-refractivity contribution >= 4 is 34.8 Å². The molecule has 0 heterocycles. The van der Waals surface area contributed by atoms with E-state index in [9.17, 15) is 4.79 Å². The van der Waals surface area contributed by atoms with Gasteiger partial charge in [0.2, 0.25) is 0 Å². The van der Waals surface area contributed by atoms with E-state index in [2.05, 4.69) is 26.1 Å². The van der Waals surface area contributed by atoms with Gasteiger partial charge >= 0.3 is 0 Å². The minimum absolute atomic E-state index is 0.0682. The van der Waals surface area contributed by atoms with Gasteiger partial charge in [-0.25, -0.2) is 0 Å². The van der Waals surface area contributed by atoms with Crippen LogP contribution in [0.4, 0.5) is 5.69 Å². The van der Waals surface area contributed by atoms with E-state index in [1.807, 2.05) is 24.3 Å². The first-order chi connectivity index (χ1) is 9.77. The van der Waals surface area contributed by atoms with Crippen LogP contribution in [0.3, 0.4) is 0 Å². The molecule has 0 saturated carbocycles. The first kappa shape index (κ1) is 15.9. The van der Waals surface area contributed by atoms with Gasteiger partial charge in [-0.2, -0.15) is 0 Å². The van der Waals surface area contributed by atoms with Crippen LogP contribution in [0.2, 0.25) is 10.0 Å². The van der Waals surface area contributed by atoms with Crippen molar-refractivity contribution in [3.8, 4) is 0 Å². The summed E-state index contributed by atoms with van der Waals surface area (Å²) in [5.74, 6) is -0.172. The summed E-state index contributed by atoms with van der Waals surface area (Å²) in [5.41, 5.74) is 2.48. The molecule has 4 heteroatoms. The molecule has 0 atom stereocenters. The number of rotatable bonds is 2. The molecular formula is C17H17Cl2NO. The van der Waals surface area contributed by atoms with Gasteiger partial charge in [0.1, 0.15) is 0 Å². The van der Waals surface area contributed by atoms with E-state index >= 15 is 0 Å². The van der Waals surface area contributed by atoms with Crippen molar-refractivity contribution in [2.24, 2.45) is 0 Å². The Morgan fingerprint density at radius 1 is 0.952 bits per heavy atom. The zero-order valence-corrected chi connectivity index (χ0v) is 13.7. The van der Waals surface area contributed by atoms with E-state index in [-0.39, 0.29) is 11.3 Å². The standard InChI is InChI=1S/C17H17Cl2NO/c1-17(2,3)12-6-4-11(5-7-12)16(21)20-13-8-9-14(18)15(19)10-13/h4-10H,1-3H3,(H,20,21).